The maximum absolute atomic E-state index is 12.9. The van der Waals surface area contributed by atoms with Gasteiger partial charge in [-0.05, 0) is 68.3 Å². The summed E-state index contributed by atoms with van der Waals surface area (Å²) in [6, 6.07) is 14.3. The Kier molecular flexibility index (Phi) is 8.36. The van der Waals surface area contributed by atoms with E-state index in [0.29, 0.717) is 36.0 Å². The zero-order valence-corrected chi connectivity index (χ0v) is 22.7. The molecule has 1 fully saturated rings. The Morgan fingerprint density at radius 1 is 1.05 bits per heavy atom. The fraction of sp³-hybridized carbons (Fsp3) is 0.357. The van der Waals surface area contributed by atoms with Gasteiger partial charge in [0.05, 0.1) is 18.8 Å². The number of amides is 3. The van der Waals surface area contributed by atoms with Crippen LogP contribution in [-0.4, -0.2) is 48.1 Å². The van der Waals surface area contributed by atoms with E-state index < -0.39 is 5.54 Å². The van der Waals surface area contributed by atoms with Crippen molar-refractivity contribution in [2.75, 3.05) is 30.4 Å². The van der Waals surface area contributed by atoms with Gasteiger partial charge in [-0.3, -0.25) is 9.78 Å². The lowest BCUT2D eigenvalue weighted by atomic mass is 9.88. The van der Waals surface area contributed by atoms with Crippen molar-refractivity contribution in [1.29, 1.82) is 0 Å². The second-order valence-electron chi connectivity index (χ2n) is 9.89. The first-order chi connectivity index (χ1) is 18.1. The van der Waals surface area contributed by atoms with Gasteiger partial charge in [-0.2, -0.15) is 0 Å². The van der Waals surface area contributed by atoms with Crippen molar-refractivity contribution in [3.8, 4) is 5.75 Å². The lowest BCUT2D eigenvalue weighted by molar-refractivity contribution is -0.120. The number of methoxy groups -OCH3 is 1. The summed E-state index contributed by atoms with van der Waals surface area (Å²) in [7, 11) is 1.60. The fourth-order valence-electron chi connectivity index (χ4n) is 4.69. The molecule has 3 N–H and O–H groups in total. The molecule has 0 saturated carbocycles. The second-order valence-corrected chi connectivity index (χ2v) is 10.3. The maximum Gasteiger partial charge on any atom is 0.319 e. The van der Waals surface area contributed by atoms with E-state index in [1.807, 2.05) is 38.1 Å². The van der Waals surface area contributed by atoms with E-state index in [9.17, 15) is 9.59 Å². The summed E-state index contributed by atoms with van der Waals surface area (Å²) in [5, 5.41) is 9.57. The third kappa shape index (κ3) is 6.72. The molecule has 0 radical (unpaired) electrons. The fourth-order valence-corrected chi connectivity index (χ4v) is 4.81. The molecule has 0 bridgehead atoms. The first kappa shape index (κ1) is 27.2. The highest BCUT2D eigenvalue weighted by Crippen LogP contribution is 2.30. The van der Waals surface area contributed by atoms with Crippen LogP contribution in [0.5, 0.6) is 5.75 Å². The quantitative estimate of drug-likeness (QED) is 0.404. The summed E-state index contributed by atoms with van der Waals surface area (Å²) < 4.78 is 5.28. The summed E-state index contributed by atoms with van der Waals surface area (Å²) >= 11 is 5.96. The van der Waals surface area contributed by atoms with E-state index in [-0.39, 0.29) is 23.9 Å². The minimum atomic E-state index is -0.527. The van der Waals surface area contributed by atoms with Crippen molar-refractivity contribution in [1.82, 2.24) is 20.6 Å². The number of nitrogens with zero attached hydrogens (tertiary/aromatic N) is 3. The number of rotatable bonds is 7. The third-order valence-corrected chi connectivity index (χ3v) is 6.94. The van der Waals surface area contributed by atoms with E-state index in [1.54, 1.807) is 43.8 Å². The average Bonchev–Trinajstić information content (AvgIpc) is 2.90. The SMILES string of the molecule is COc1ccc([C@@H]2CN(c3ccc(C(C)(C)NC(C)=O)cn3)CC[C@H]2NC(=O)Nc2ccc(Cl)cc2)nc1. The molecule has 3 amide bonds. The Morgan fingerprint density at radius 3 is 2.42 bits per heavy atom. The predicted octanol–water partition coefficient (Wildman–Crippen LogP) is 4.69. The molecule has 1 aliphatic rings. The minimum Gasteiger partial charge on any atom is -0.495 e. The molecule has 3 heterocycles. The first-order valence-corrected chi connectivity index (χ1v) is 12.9. The van der Waals surface area contributed by atoms with Crippen LogP contribution in [0.15, 0.2) is 60.9 Å². The molecular weight excluding hydrogens is 504 g/mol. The van der Waals surface area contributed by atoms with Crippen molar-refractivity contribution in [2.45, 2.75) is 44.7 Å². The van der Waals surface area contributed by atoms with Gasteiger partial charge in [-0.25, -0.2) is 9.78 Å². The minimum absolute atomic E-state index is 0.0806. The van der Waals surface area contributed by atoms with E-state index in [0.717, 1.165) is 17.1 Å². The Hall–Kier alpha value is -3.85. The van der Waals surface area contributed by atoms with Crippen LogP contribution in [0.1, 0.15) is 44.4 Å². The largest absolute Gasteiger partial charge is 0.495 e. The average molecular weight is 537 g/mol. The van der Waals surface area contributed by atoms with Crippen LogP contribution in [0.4, 0.5) is 16.3 Å². The van der Waals surface area contributed by atoms with Crippen LogP contribution in [0.3, 0.4) is 0 Å². The van der Waals surface area contributed by atoms with Crippen molar-refractivity contribution < 1.29 is 14.3 Å². The number of hydrogen-bond acceptors (Lipinski definition) is 6. The highest BCUT2D eigenvalue weighted by atomic mass is 35.5. The number of anilines is 2. The molecule has 200 valence electrons. The number of ether oxygens (including phenoxy) is 1. The molecule has 0 unspecified atom stereocenters. The number of carbonyl (C=O) groups excluding carboxylic acids is 2. The first-order valence-electron chi connectivity index (χ1n) is 12.5. The van der Waals surface area contributed by atoms with Crippen LogP contribution in [0.2, 0.25) is 5.02 Å². The number of carbonyl (C=O) groups is 2. The van der Waals surface area contributed by atoms with E-state index in [2.05, 4.69) is 25.8 Å². The van der Waals surface area contributed by atoms with Crippen molar-refractivity contribution in [2.24, 2.45) is 0 Å². The van der Waals surface area contributed by atoms with Crippen LogP contribution >= 0.6 is 11.6 Å². The van der Waals surface area contributed by atoms with Gasteiger partial charge in [0.1, 0.15) is 11.6 Å². The number of nitrogens with one attached hydrogen (secondary N) is 3. The van der Waals surface area contributed by atoms with Gasteiger partial charge in [-0.1, -0.05) is 17.7 Å². The number of hydrogen-bond donors (Lipinski definition) is 3. The Bertz CT molecular complexity index is 1250. The molecule has 1 aromatic carbocycles. The van der Waals surface area contributed by atoms with Crippen molar-refractivity contribution in [3.05, 3.63) is 77.2 Å². The van der Waals surface area contributed by atoms with Crippen LogP contribution < -0.4 is 25.6 Å². The molecule has 0 aliphatic carbocycles. The van der Waals surface area contributed by atoms with Gasteiger partial charge < -0.3 is 25.6 Å². The van der Waals surface area contributed by atoms with E-state index in [4.69, 9.17) is 21.3 Å². The lowest BCUT2D eigenvalue weighted by Crippen LogP contribution is -2.51. The molecule has 4 rings (SSSR count). The monoisotopic (exact) mass is 536 g/mol. The lowest BCUT2D eigenvalue weighted by Gasteiger charge is -2.39. The molecule has 3 aromatic rings. The number of aromatic nitrogens is 2. The van der Waals surface area contributed by atoms with E-state index >= 15 is 0 Å². The molecule has 2 aromatic heterocycles. The van der Waals surface area contributed by atoms with Crippen LogP contribution in [0, 0.1) is 0 Å². The summed E-state index contributed by atoms with van der Waals surface area (Å²) in [6.45, 7) is 6.73. The molecule has 38 heavy (non-hydrogen) atoms. The van der Waals surface area contributed by atoms with Gasteiger partial charge >= 0.3 is 6.03 Å². The smallest absolute Gasteiger partial charge is 0.319 e. The third-order valence-electron chi connectivity index (χ3n) is 6.69. The molecule has 1 saturated heterocycles. The zero-order valence-electron chi connectivity index (χ0n) is 22.0. The van der Waals surface area contributed by atoms with Gasteiger partial charge in [0.25, 0.3) is 0 Å². The standard InChI is InChI=1S/C28H33ClN6O3/c1-18(36)34-28(2,3)19-5-12-26(31-15-19)35-14-13-25(23(17-35)24-11-10-22(38-4)16-30-24)33-27(37)32-21-8-6-20(29)7-9-21/h5-12,15-16,23,25H,13-14,17H2,1-4H3,(H,34,36)(H2,32,33,37)/t23-,25+/m0/s1. The number of urea groups is 1. The summed E-state index contributed by atoms with van der Waals surface area (Å²) in [5.41, 5.74) is 1.91. The van der Waals surface area contributed by atoms with Crippen LogP contribution in [0.25, 0.3) is 0 Å². The molecule has 9 nitrogen and oxygen atoms in total. The van der Waals surface area contributed by atoms with Gasteiger partial charge in [-0.15, -0.1) is 0 Å². The zero-order chi connectivity index (χ0) is 27.3. The molecule has 2 atom stereocenters. The van der Waals surface area contributed by atoms with Crippen molar-refractivity contribution >= 4 is 35.0 Å². The maximum atomic E-state index is 12.9. The van der Waals surface area contributed by atoms with E-state index in [1.165, 1.54) is 6.92 Å². The summed E-state index contributed by atoms with van der Waals surface area (Å²) in [6.07, 6.45) is 4.19. The molecular formula is C28H33ClN6O3. The number of pyridine rings is 2. The number of piperidine rings is 1. The predicted molar refractivity (Wildman–Crippen MR) is 149 cm³/mol. The Morgan fingerprint density at radius 2 is 1.82 bits per heavy atom. The molecule has 10 heteroatoms. The molecule has 1 aliphatic heterocycles. The summed E-state index contributed by atoms with van der Waals surface area (Å²) in [4.78, 5) is 36.0. The normalized spacial score (nSPS) is 17.4. The topological polar surface area (TPSA) is 108 Å². The van der Waals surface area contributed by atoms with Crippen molar-refractivity contribution in [3.63, 3.8) is 0 Å². The summed E-state index contributed by atoms with van der Waals surface area (Å²) in [5.74, 6) is 1.33. The number of halogens is 1. The van der Waals surface area contributed by atoms with Crippen LogP contribution in [-0.2, 0) is 10.3 Å². The van der Waals surface area contributed by atoms with Gasteiger partial charge in [0.15, 0.2) is 0 Å². The highest BCUT2D eigenvalue weighted by Gasteiger charge is 2.33. The molecule has 0 spiro atoms. The number of benzene rings is 1. The highest BCUT2D eigenvalue weighted by molar-refractivity contribution is 6.30. The Balaban J connectivity index is 1.51. The van der Waals surface area contributed by atoms with Gasteiger partial charge in [0, 0.05) is 54.6 Å². The second kappa shape index (κ2) is 11.7. The Labute approximate surface area is 228 Å². The van der Waals surface area contributed by atoms with Gasteiger partial charge in [0.2, 0.25) is 5.91 Å².